The van der Waals surface area contributed by atoms with E-state index in [4.69, 9.17) is 17.3 Å². The molecule has 0 fully saturated rings. The molecule has 0 saturated carbocycles. The van der Waals surface area contributed by atoms with Crippen molar-refractivity contribution in [3.63, 3.8) is 0 Å². The maximum atomic E-state index is 11.8. The number of rotatable bonds is 5. The van der Waals surface area contributed by atoms with Crippen molar-refractivity contribution in [3.05, 3.63) is 59.1 Å². The Morgan fingerprint density at radius 2 is 1.80 bits per heavy atom. The lowest BCUT2D eigenvalue weighted by molar-refractivity contribution is -0.115. The van der Waals surface area contributed by atoms with Crippen molar-refractivity contribution in [1.82, 2.24) is 5.32 Å². The molecule has 0 spiro atoms. The van der Waals surface area contributed by atoms with Crippen molar-refractivity contribution in [2.45, 2.75) is 6.54 Å². The molecule has 0 aromatic heterocycles. The summed E-state index contributed by atoms with van der Waals surface area (Å²) in [7, 11) is 0. The zero-order valence-corrected chi connectivity index (χ0v) is 11.7. The van der Waals surface area contributed by atoms with Crippen LogP contribution in [0, 0.1) is 0 Å². The van der Waals surface area contributed by atoms with Gasteiger partial charge in [-0.3, -0.25) is 4.79 Å². The first-order chi connectivity index (χ1) is 9.66. The molecule has 5 heteroatoms. The molecule has 4 N–H and O–H groups in total. The number of hydrogen-bond acceptors (Lipinski definition) is 3. The highest BCUT2D eigenvalue weighted by molar-refractivity contribution is 6.33. The van der Waals surface area contributed by atoms with Crippen LogP contribution in [0.25, 0.3) is 0 Å². The number of nitrogen functional groups attached to an aromatic ring is 1. The Morgan fingerprint density at radius 1 is 1.10 bits per heavy atom. The first-order valence-corrected chi connectivity index (χ1v) is 6.63. The van der Waals surface area contributed by atoms with Gasteiger partial charge in [-0.05, 0) is 23.8 Å². The summed E-state index contributed by atoms with van der Waals surface area (Å²) in [6, 6.07) is 14.7. The minimum Gasteiger partial charge on any atom is -0.398 e. The summed E-state index contributed by atoms with van der Waals surface area (Å²) in [5.74, 6) is -0.146. The van der Waals surface area contributed by atoms with Crippen LogP contribution in [0.1, 0.15) is 5.56 Å². The summed E-state index contributed by atoms with van der Waals surface area (Å²) in [4.78, 5) is 11.8. The fraction of sp³-hybridized carbons (Fsp3) is 0.133. The van der Waals surface area contributed by atoms with Crippen LogP contribution in [0.15, 0.2) is 48.5 Å². The van der Waals surface area contributed by atoms with Gasteiger partial charge in [0.15, 0.2) is 0 Å². The average molecular weight is 290 g/mol. The number of amides is 1. The molecule has 0 unspecified atom stereocenters. The number of anilines is 2. The van der Waals surface area contributed by atoms with Crippen molar-refractivity contribution in [1.29, 1.82) is 0 Å². The zero-order valence-electron chi connectivity index (χ0n) is 10.9. The van der Waals surface area contributed by atoms with Gasteiger partial charge in [-0.1, -0.05) is 41.9 Å². The van der Waals surface area contributed by atoms with Crippen molar-refractivity contribution in [3.8, 4) is 0 Å². The van der Waals surface area contributed by atoms with E-state index in [-0.39, 0.29) is 12.5 Å². The van der Waals surface area contributed by atoms with E-state index < -0.39 is 0 Å². The van der Waals surface area contributed by atoms with E-state index in [0.29, 0.717) is 22.9 Å². The van der Waals surface area contributed by atoms with Crippen LogP contribution in [-0.2, 0) is 11.3 Å². The van der Waals surface area contributed by atoms with Crippen LogP contribution in [0.3, 0.4) is 0 Å². The topological polar surface area (TPSA) is 67.1 Å². The van der Waals surface area contributed by atoms with Gasteiger partial charge in [-0.2, -0.15) is 0 Å². The molecule has 0 aliphatic heterocycles. The Labute approximate surface area is 122 Å². The summed E-state index contributed by atoms with van der Waals surface area (Å²) in [5.41, 5.74) is 8.12. The van der Waals surface area contributed by atoms with Crippen LogP contribution >= 0.6 is 11.6 Å². The summed E-state index contributed by atoms with van der Waals surface area (Å²) < 4.78 is 0. The number of nitrogens with one attached hydrogen (secondary N) is 2. The van der Waals surface area contributed by atoms with Crippen LogP contribution in [0.2, 0.25) is 5.02 Å². The van der Waals surface area contributed by atoms with Gasteiger partial charge in [0.1, 0.15) is 0 Å². The molecular formula is C15H16ClN3O. The molecule has 1 amide bonds. The lowest BCUT2D eigenvalue weighted by Gasteiger charge is -2.09. The third kappa shape index (κ3) is 3.98. The van der Waals surface area contributed by atoms with Gasteiger partial charge >= 0.3 is 0 Å². The third-order valence-corrected chi connectivity index (χ3v) is 3.13. The molecule has 2 aromatic rings. The van der Waals surface area contributed by atoms with E-state index in [1.165, 1.54) is 0 Å². The quantitative estimate of drug-likeness (QED) is 0.741. The second-order valence-electron chi connectivity index (χ2n) is 4.33. The highest BCUT2D eigenvalue weighted by Gasteiger charge is 2.05. The molecule has 0 atom stereocenters. The maximum absolute atomic E-state index is 11.8. The van der Waals surface area contributed by atoms with Crippen LogP contribution in [0.5, 0.6) is 0 Å². The zero-order chi connectivity index (χ0) is 14.4. The number of para-hydroxylation sites is 2. The molecule has 2 aromatic carbocycles. The number of carbonyl (C=O) groups is 1. The van der Waals surface area contributed by atoms with Gasteiger partial charge < -0.3 is 16.4 Å². The van der Waals surface area contributed by atoms with E-state index in [0.717, 1.165) is 5.56 Å². The molecule has 0 radical (unpaired) electrons. The number of benzene rings is 2. The predicted molar refractivity (Wildman–Crippen MR) is 82.6 cm³/mol. The molecule has 0 heterocycles. The fourth-order valence-electron chi connectivity index (χ4n) is 1.76. The number of nitrogens with two attached hydrogens (primary N) is 1. The summed E-state index contributed by atoms with van der Waals surface area (Å²) >= 11 is 5.97. The Bertz CT molecular complexity index is 601. The lowest BCUT2D eigenvalue weighted by atomic mass is 10.2. The van der Waals surface area contributed by atoms with Crippen LogP contribution in [-0.4, -0.2) is 12.5 Å². The number of hydrogen-bond donors (Lipinski definition) is 3. The Balaban J connectivity index is 1.82. The Kier molecular flexibility index (Phi) is 4.98. The van der Waals surface area contributed by atoms with E-state index in [1.54, 1.807) is 12.1 Å². The van der Waals surface area contributed by atoms with Gasteiger partial charge in [0.2, 0.25) is 5.91 Å². The van der Waals surface area contributed by atoms with Crippen molar-refractivity contribution in [2.24, 2.45) is 0 Å². The normalized spacial score (nSPS) is 10.2. The van der Waals surface area contributed by atoms with Crippen LogP contribution < -0.4 is 16.4 Å². The molecular weight excluding hydrogens is 274 g/mol. The first-order valence-electron chi connectivity index (χ1n) is 6.25. The van der Waals surface area contributed by atoms with Gasteiger partial charge in [0, 0.05) is 12.2 Å². The van der Waals surface area contributed by atoms with Gasteiger partial charge in [0.25, 0.3) is 0 Å². The number of carbonyl (C=O) groups excluding carboxylic acids is 1. The van der Waals surface area contributed by atoms with E-state index in [9.17, 15) is 4.79 Å². The molecule has 20 heavy (non-hydrogen) atoms. The smallest absolute Gasteiger partial charge is 0.238 e. The number of halogens is 1. The minimum atomic E-state index is -0.146. The second-order valence-corrected chi connectivity index (χ2v) is 4.74. The Hall–Kier alpha value is -2.04. The molecule has 0 aliphatic rings. The fourth-order valence-corrected chi connectivity index (χ4v) is 1.95. The predicted octanol–water partition coefficient (Wildman–Crippen LogP) is 2.65. The van der Waals surface area contributed by atoms with Crippen molar-refractivity contribution < 1.29 is 4.79 Å². The minimum absolute atomic E-state index is 0.146. The largest absolute Gasteiger partial charge is 0.398 e. The molecule has 2 rings (SSSR count). The van der Waals surface area contributed by atoms with Gasteiger partial charge in [0.05, 0.1) is 17.3 Å². The second kappa shape index (κ2) is 6.93. The summed E-state index contributed by atoms with van der Waals surface area (Å²) in [6.45, 7) is 0.738. The molecule has 104 valence electrons. The van der Waals surface area contributed by atoms with Crippen LogP contribution in [0.4, 0.5) is 11.4 Å². The van der Waals surface area contributed by atoms with Crippen molar-refractivity contribution in [2.75, 3.05) is 17.6 Å². The van der Waals surface area contributed by atoms with Crippen molar-refractivity contribution >= 4 is 28.9 Å². The maximum Gasteiger partial charge on any atom is 0.238 e. The first kappa shape index (κ1) is 14.4. The summed E-state index contributed by atoms with van der Waals surface area (Å²) in [6.07, 6.45) is 0. The van der Waals surface area contributed by atoms with Gasteiger partial charge in [-0.25, -0.2) is 0 Å². The SMILES string of the molecule is Nc1ccccc1CNCC(=O)Nc1ccccc1Cl. The highest BCUT2D eigenvalue weighted by atomic mass is 35.5. The standard InChI is InChI=1S/C15H16ClN3O/c16-12-6-2-4-8-14(12)19-15(20)10-18-9-11-5-1-3-7-13(11)17/h1-8,18H,9-10,17H2,(H,19,20). The lowest BCUT2D eigenvalue weighted by Crippen LogP contribution is -2.28. The van der Waals surface area contributed by atoms with E-state index >= 15 is 0 Å². The van der Waals surface area contributed by atoms with E-state index in [1.807, 2.05) is 36.4 Å². The molecule has 4 nitrogen and oxygen atoms in total. The third-order valence-electron chi connectivity index (χ3n) is 2.80. The molecule has 0 bridgehead atoms. The average Bonchev–Trinajstić information content (AvgIpc) is 2.43. The highest BCUT2D eigenvalue weighted by Crippen LogP contribution is 2.20. The van der Waals surface area contributed by atoms with Gasteiger partial charge in [-0.15, -0.1) is 0 Å². The molecule has 0 saturated heterocycles. The van der Waals surface area contributed by atoms with E-state index in [2.05, 4.69) is 10.6 Å². The summed E-state index contributed by atoms with van der Waals surface area (Å²) in [5, 5.41) is 6.31. The monoisotopic (exact) mass is 289 g/mol. The molecule has 0 aliphatic carbocycles. The Morgan fingerprint density at radius 3 is 2.55 bits per heavy atom.